The second-order valence-electron chi connectivity index (χ2n) is 4.64. The van der Waals surface area contributed by atoms with Gasteiger partial charge in [0.25, 0.3) is 0 Å². The van der Waals surface area contributed by atoms with Crippen molar-refractivity contribution in [2.45, 2.75) is 37.6 Å². The van der Waals surface area contributed by atoms with Crippen molar-refractivity contribution < 1.29 is 19.0 Å². The fourth-order valence-corrected chi connectivity index (χ4v) is 2.57. The number of rotatable bonds is 1. The van der Waals surface area contributed by atoms with Gasteiger partial charge in [0.05, 0.1) is 12.2 Å². The number of hydrogen-bond acceptors (Lipinski definition) is 3. The first kappa shape index (κ1) is 11.0. The molecule has 0 aliphatic carbocycles. The first-order valence-corrected chi connectivity index (χ1v) is 6.00. The molecule has 0 spiro atoms. The summed E-state index contributed by atoms with van der Waals surface area (Å²) in [6, 6.07) is 4.26. The van der Waals surface area contributed by atoms with E-state index in [0.717, 1.165) is 19.4 Å². The van der Waals surface area contributed by atoms with Gasteiger partial charge in [-0.05, 0) is 25.0 Å². The maximum absolute atomic E-state index is 13.1. The van der Waals surface area contributed by atoms with Gasteiger partial charge in [-0.1, -0.05) is 0 Å². The molecule has 0 amide bonds. The molecule has 3 nitrogen and oxygen atoms in total. The van der Waals surface area contributed by atoms with Crippen LogP contribution in [0.25, 0.3) is 0 Å². The zero-order valence-electron chi connectivity index (χ0n) is 9.43. The highest BCUT2D eigenvalue weighted by Gasteiger charge is 2.34. The Morgan fingerprint density at radius 2 is 2.18 bits per heavy atom. The molecule has 17 heavy (non-hydrogen) atoms. The van der Waals surface area contributed by atoms with Gasteiger partial charge < -0.3 is 14.6 Å². The molecular formula is C13H15FO3. The van der Waals surface area contributed by atoms with Crippen molar-refractivity contribution in [2.24, 2.45) is 0 Å². The van der Waals surface area contributed by atoms with Crippen LogP contribution in [0.1, 0.15) is 30.9 Å². The number of fused-ring (bicyclic) bond motifs is 1. The fourth-order valence-electron chi connectivity index (χ4n) is 2.57. The maximum Gasteiger partial charge on any atom is 0.128 e. The van der Waals surface area contributed by atoms with Crippen LogP contribution in [0.3, 0.4) is 0 Å². The topological polar surface area (TPSA) is 38.7 Å². The molecule has 1 aromatic rings. The molecule has 1 saturated heterocycles. The molecule has 2 aliphatic heterocycles. The number of benzene rings is 1. The molecule has 2 heterocycles. The normalized spacial score (nSPS) is 32.0. The Morgan fingerprint density at radius 1 is 1.29 bits per heavy atom. The van der Waals surface area contributed by atoms with E-state index < -0.39 is 6.10 Å². The minimum atomic E-state index is -0.589. The Kier molecular flexibility index (Phi) is 2.76. The van der Waals surface area contributed by atoms with Gasteiger partial charge in [0.15, 0.2) is 0 Å². The van der Waals surface area contributed by atoms with Crippen LogP contribution in [0.15, 0.2) is 18.2 Å². The summed E-state index contributed by atoms with van der Waals surface area (Å²) in [4.78, 5) is 0. The van der Waals surface area contributed by atoms with Crippen LogP contribution in [0.5, 0.6) is 5.75 Å². The van der Waals surface area contributed by atoms with E-state index >= 15 is 0 Å². The molecule has 1 fully saturated rings. The molecule has 2 aliphatic rings. The summed E-state index contributed by atoms with van der Waals surface area (Å²) in [5.41, 5.74) is 0.667. The third kappa shape index (κ3) is 2.03. The minimum absolute atomic E-state index is 0.0288. The molecule has 3 unspecified atom stereocenters. The maximum atomic E-state index is 13.1. The number of hydrogen-bond donors (Lipinski definition) is 1. The van der Waals surface area contributed by atoms with Crippen LogP contribution in [0.2, 0.25) is 0 Å². The average Bonchev–Trinajstić information content (AvgIpc) is 2.81. The van der Waals surface area contributed by atoms with E-state index in [1.807, 2.05) is 0 Å². The van der Waals surface area contributed by atoms with Crippen LogP contribution < -0.4 is 4.74 Å². The molecule has 1 N–H and O–H groups in total. The standard InChI is InChI=1S/C13H15FO3/c14-8-3-4-9-10(15)7-13(17-12(9)6-8)11-2-1-5-16-11/h3-4,6,10-11,13,15H,1-2,5,7H2. The fraction of sp³-hybridized carbons (Fsp3) is 0.538. The van der Waals surface area contributed by atoms with Crippen molar-refractivity contribution in [1.29, 1.82) is 0 Å². The highest BCUT2D eigenvalue weighted by Crippen LogP contribution is 2.37. The number of aliphatic hydroxyl groups excluding tert-OH is 1. The first-order chi connectivity index (χ1) is 8.24. The molecule has 3 rings (SSSR count). The zero-order chi connectivity index (χ0) is 11.8. The SMILES string of the molecule is OC1CC(C2CCCO2)Oc2cc(F)ccc21. The van der Waals surface area contributed by atoms with Crippen LogP contribution >= 0.6 is 0 Å². The van der Waals surface area contributed by atoms with Crippen LogP contribution in [0.4, 0.5) is 4.39 Å². The second-order valence-corrected chi connectivity index (χ2v) is 4.64. The van der Waals surface area contributed by atoms with Crippen LogP contribution in [-0.2, 0) is 4.74 Å². The summed E-state index contributed by atoms with van der Waals surface area (Å²) in [5.74, 6) is 0.105. The molecule has 0 saturated carbocycles. The van der Waals surface area contributed by atoms with Gasteiger partial charge >= 0.3 is 0 Å². The van der Waals surface area contributed by atoms with Gasteiger partial charge in [-0.15, -0.1) is 0 Å². The second kappa shape index (κ2) is 4.27. The molecule has 0 aromatic heterocycles. The summed E-state index contributed by atoms with van der Waals surface area (Å²) in [6.07, 6.45) is 1.76. The summed E-state index contributed by atoms with van der Waals surface area (Å²) >= 11 is 0. The smallest absolute Gasteiger partial charge is 0.128 e. The molecule has 92 valence electrons. The predicted molar refractivity (Wildman–Crippen MR) is 59.4 cm³/mol. The van der Waals surface area contributed by atoms with Crippen LogP contribution in [-0.4, -0.2) is 23.9 Å². The Bertz CT molecular complexity index is 415. The summed E-state index contributed by atoms with van der Waals surface area (Å²) in [5, 5.41) is 10.0. The lowest BCUT2D eigenvalue weighted by Gasteiger charge is -2.32. The monoisotopic (exact) mass is 238 g/mol. The van der Waals surface area contributed by atoms with Gasteiger partial charge in [0, 0.05) is 24.7 Å². The van der Waals surface area contributed by atoms with Crippen molar-refractivity contribution in [3.05, 3.63) is 29.6 Å². The van der Waals surface area contributed by atoms with Gasteiger partial charge in [-0.3, -0.25) is 0 Å². The van der Waals surface area contributed by atoms with E-state index in [2.05, 4.69) is 0 Å². The lowest BCUT2D eigenvalue weighted by atomic mass is 9.95. The van der Waals surface area contributed by atoms with E-state index in [1.165, 1.54) is 12.1 Å². The first-order valence-electron chi connectivity index (χ1n) is 6.00. The Labute approximate surface area is 99.2 Å². The summed E-state index contributed by atoms with van der Waals surface area (Å²) in [7, 11) is 0. The highest BCUT2D eigenvalue weighted by molar-refractivity contribution is 5.37. The van der Waals surface area contributed by atoms with Crippen molar-refractivity contribution in [1.82, 2.24) is 0 Å². The van der Waals surface area contributed by atoms with Crippen molar-refractivity contribution in [2.75, 3.05) is 6.61 Å². The molecule has 4 heteroatoms. The minimum Gasteiger partial charge on any atom is -0.487 e. The largest absolute Gasteiger partial charge is 0.487 e. The Morgan fingerprint density at radius 3 is 2.94 bits per heavy atom. The highest BCUT2D eigenvalue weighted by atomic mass is 19.1. The third-order valence-electron chi connectivity index (χ3n) is 3.45. The van der Waals surface area contributed by atoms with Crippen LogP contribution in [0, 0.1) is 5.82 Å². The van der Waals surface area contributed by atoms with E-state index in [1.54, 1.807) is 6.07 Å². The van der Waals surface area contributed by atoms with Crippen molar-refractivity contribution >= 4 is 0 Å². The molecule has 0 bridgehead atoms. The lowest BCUT2D eigenvalue weighted by Crippen LogP contribution is -2.36. The zero-order valence-corrected chi connectivity index (χ0v) is 9.43. The average molecular weight is 238 g/mol. The number of halogens is 1. The van der Waals surface area contributed by atoms with Gasteiger partial charge in [0.1, 0.15) is 17.7 Å². The molecule has 0 radical (unpaired) electrons. The number of aliphatic hydroxyl groups is 1. The van der Waals surface area contributed by atoms with E-state index in [9.17, 15) is 9.50 Å². The predicted octanol–water partition coefficient (Wildman–Crippen LogP) is 2.19. The lowest BCUT2D eigenvalue weighted by molar-refractivity contribution is -0.0273. The number of ether oxygens (including phenoxy) is 2. The molecule has 3 atom stereocenters. The Hall–Kier alpha value is -1.13. The van der Waals surface area contributed by atoms with E-state index in [-0.39, 0.29) is 18.0 Å². The molecular weight excluding hydrogens is 223 g/mol. The van der Waals surface area contributed by atoms with E-state index in [0.29, 0.717) is 17.7 Å². The summed E-state index contributed by atoms with van der Waals surface area (Å²) in [6.45, 7) is 0.747. The van der Waals surface area contributed by atoms with Gasteiger partial charge in [-0.25, -0.2) is 4.39 Å². The third-order valence-corrected chi connectivity index (χ3v) is 3.45. The van der Waals surface area contributed by atoms with Crippen molar-refractivity contribution in [3.63, 3.8) is 0 Å². The molecule has 1 aromatic carbocycles. The summed E-state index contributed by atoms with van der Waals surface area (Å²) < 4.78 is 24.4. The Balaban J connectivity index is 1.85. The van der Waals surface area contributed by atoms with E-state index in [4.69, 9.17) is 9.47 Å². The van der Waals surface area contributed by atoms with Gasteiger partial charge in [0.2, 0.25) is 0 Å². The van der Waals surface area contributed by atoms with Crippen molar-refractivity contribution in [3.8, 4) is 5.75 Å². The van der Waals surface area contributed by atoms with Gasteiger partial charge in [-0.2, -0.15) is 0 Å². The quantitative estimate of drug-likeness (QED) is 0.815.